The molecule has 25 heavy (non-hydrogen) atoms. The summed E-state index contributed by atoms with van der Waals surface area (Å²) in [5.74, 6) is 0.603. The standard InChI is InChI=1S/C19H18N2O2S2/c1-12-4-3-5-14(10-12)17(20)21-18(22)16(25-19(21)24)11-13-6-8-15(23-2)9-7-13/h3-11,17H,20H2,1-2H3/b16-11-. The Morgan fingerprint density at radius 3 is 2.60 bits per heavy atom. The summed E-state index contributed by atoms with van der Waals surface area (Å²) in [7, 11) is 1.62. The Balaban J connectivity index is 1.85. The molecule has 0 bridgehead atoms. The van der Waals surface area contributed by atoms with Gasteiger partial charge in [-0.05, 0) is 36.3 Å². The maximum atomic E-state index is 12.8. The Kier molecular flexibility index (Phi) is 5.22. The van der Waals surface area contributed by atoms with Crippen molar-refractivity contribution in [1.82, 2.24) is 4.90 Å². The lowest BCUT2D eigenvalue weighted by Gasteiger charge is -2.23. The second kappa shape index (κ2) is 7.39. The van der Waals surface area contributed by atoms with Crippen molar-refractivity contribution < 1.29 is 9.53 Å². The average Bonchev–Trinajstić information content (AvgIpc) is 2.88. The molecule has 1 heterocycles. The van der Waals surface area contributed by atoms with Crippen LogP contribution in [0, 0.1) is 6.92 Å². The van der Waals surface area contributed by atoms with E-state index in [1.54, 1.807) is 7.11 Å². The van der Waals surface area contributed by atoms with Crippen LogP contribution in [-0.4, -0.2) is 22.2 Å². The molecule has 3 rings (SSSR count). The number of carbonyl (C=O) groups excluding carboxylic acids is 1. The largest absolute Gasteiger partial charge is 0.497 e. The van der Waals surface area contributed by atoms with Gasteiger partial charge in [-0.3, -0.25) is 9.69 Å². The molecule has 6 heteroatoms. The van der Waals surface area contributed by atoms with E-state index in [0.717, 1.165) is 22.4 Å². The zero-order valence-corrected chi connectivity index (χ0v) is 15.6. The first-order valence-corrected chi connectivity index (χ1v) is 8.95. The predicted molar refractivity (Wildman–Crippen MR) is 106 cm³/mol. The molecule has 1 saturated heterocycles. The van der Waals surface area contributed by atoms with Crippen LogP contribution >= 0.6 is 24.0 Å². The first-order chi connectivity index (χ1) is 12.0. The Labute approximate surface area is 156 Å². The van der Waals surface area contributed by atoms with Crippen molar-refractivity contribution in [3.8, 4) is 5.75 Å². The summed E-state index contributed by atoms with van der Waals surface area (Å²) in [5.41, 5.74) is 9.16. The fourth-order valence-corrected chi connectivity index (χ4v) is 3.90. The van der Waals surface area contributed by atoms with Gasteiger partial charge in [0.05, 0.1) is 12.0 Å². The van der Waals surface area contributed by atoms with E-state index in [0.29, 0.717) is 9.23 Å². The molecular weight excluding hydrogens is 352 g/mol. The van der Waals surface area contributed by atoms with Crippen molar-refractivity contribution in [3.05, 3.63) is 70.1 Å². The number of thioether (sulfide) groups is 1. The van der Waals surface area contributed by atoms with Gasteiger partial charge in [-0.15, -0.1) is 0 Å². The highest BCUT2D eigenvalue weighted by atomic mass is 32.2. The summed E-state index contributed by atoms with van der Waals surface area (Å²) < 4.78 is 5.62. The normalized spacial score (nSPS) is 17.2. The van der Waals surface area contributed by atoms with Crippen LogP contribution < -0.4 is 10.5 Å². The summed E-state index contributed by atoms with van der Waals surface area (Å²) in [6.45, 7) is 1.99. The van der Waals surface area contributed by atoms with Crippen molar-refractivity contribution in [3.63, 3.8) is 0 Å². The molecule has 0 aliphatic carbocycles. The third-order valence-corrected chi connectivity index (χ3v) is 5.23. The minimum absolute atomic E-state index is 0.167. The molecule has 128 valence electrons. The molecule has 1 atom stereocenters. The smallest absolute Gasteiger partial charge is 0.267 e. The maximum Gasteiger partial charge on any atom is 0.267 e. The van der Waals surface area contributed by atoms with E-state index >= 15 is 0 Å². The molecule has 1 amide bonds. The highest BCUT2D eigenvalue weighted by molar-refractivity contribution is 8.26. The van der Waals surface area contributed by atoms with Crippen molar-refractivity contribution in [1.29, 1.82) is 0 Å². The van der Waals surface area contributed by atoms with E-state index in [2.05, 4.69) is 0 Å². The molecule has 0 spiro atoms. The van der Waals surface area contributed by atoms with Gasteiger partial charge >= 0.3 is 0 Å². The number of aryl methyl sites for hydroxylation is 1. The van der Waals surface area contributed by atoms with Crippen LogP contribution in [-0.2, 0) is 4.79 Å². The van der Waals surface area contributed by atoms with Crippen molar-refractivity contribution >= 4 is 40.3 Å². The van der Waals surface area contributed by atoms with Crippen molar-refractivity contribution in [2.75, 3.05) is 7.11 Å². The zero-order chi connectivity index (χ0) is 18.0. The first-order valence-electron chi connectivity index (χ1n) is 7.73. The van der Waals surface area contributed by atoms with E-state index in [4.69, 9.17) is 22.7 Å². The number of nitrogens with zero attached hydrogens (tertiary/aromatic N) is 1. The number of rotatable bonds is 4. The Morgan fingerprint density at radius 1 is 1.24 bits per heavy atom. The average molecular weight is 370 g/mol. The van der Waals surface area contributed by atoms with Gasteiger partial charge < -0.3 is 10.5 Å². The number of ether oxygens (including phenoxy) is 1. The topological polar surface area (TPSA) is 55.6 Å². The van der Waals surface area contributed by atoms with E-state index in [-0.39, 0.29) is 5.91 Å². The van der Waals surface area contributed by atoms with Crippen molar-refractivity contribution in [2.24, 2.45) is 5.73 Å². The molecule has 1 aliphatic rings. The van der Waals surface area contributed by atoms with Crippen LogP contribution in [0.1, 0.15) is 22.9 Å². The first kappa shape index (κ1) is 17.7. The molecule has 4 nitrogen and oxygen atoms in total. The number of methoxy groups -OCH3 is 1. The van der Waals surface area contributed by atoms with Crippen LogP contribution in [0.5, 0.6) is 5.75 Å². The van der Waals surface area contributed by atoms with Gasteiger partial charge in [-0.1, -0.05) is 65.9 Å². The van der Waals surface area contributed by atoms with Gasteiger partial charge in [0, 0.05) is 0 Å². The fraction of sp³-hybridized carbons (Fsp3) is 0.158. The van der Waals surface area contributed by atoms with E-state index in [1.807, 2.05) is 61.5 Å². The quantitative estimate of drug-likeness (QED) is 0.654. The third-order valence-electron chi connectivity index (χ3n) is 3.90. The van der Waals surface area contributed by atoms with Crippen LogP contribution in [0.4, 0.5) is 0 Å². The lowest BCUT2D eigenvalue weighted by Crippen LogP contribution is -2.37. The van der Waals surface area contributed by atoms with Gasteiger partial charge in [0.15, 0.2) is 0 Å². The summed E-state index contributed by atoms with van der Waals surface area (Å²) >= 11 is 6.66. The third kappa shape index (κ3) is 3.76. The van der Waals surface area contributed by atoms with Crippen LogP contribution in [0.2, 0.25) is 0 Å². The fourth-order valence-electron chi connectivity index (χ4n) is 2.57. The molecule has 0 aromatic heterocycles. The monoisotopic (exact) mass is 370 g/mol. The number of carbonyl (C=O) groups is 1. The Bertz CT molecular complexity index is 847. The molecule has 1 fully saturated rings. The molecule has 0 saturated carbocycles. The van der Waals surface area contributed by atoms with Crippen LogP contribution in [0.15, 0.2) is 53.4 Å². The van der Waals surface area contributed by atoms with Crippen molar-refractivity contribution in [2.45, 2.75) is 13.1 Å². The lowest BCUT2D eigenvalue weighted by molar-refractivity contribution is -0.123. The molecule has 1 aliphatic heterocycles. The number of amides is 1. The Hall–Kier alpha value is -2.15. The SMILES string of the molecule is COc1ccc(/C=C2\SC(=S)N(C(N)c3cccc(C)c3)C2=O)cc1. The molecule has 1 unspecified atom stereocenters. The van der Waals surface area contributed by atoms with Gasteiger partial charge in [0.1, 0.15) is 16.2 Å². The highest BCUT2D eigenvalue weighted by Crippen LogP contribution is 2.36. The zero-order valence-electron chi connectivity index (χ0n) is 13.9. The maximum absolute atomic E-state index is 12.8. The predicted octanol–water partition coefficient (Wildman–Crippen LogP) is 3.86. The van der Waals surface area contributed by atoms with Crippen LogP contribution in [0.3, 0.4) is 0 Å². The minimum Gasteiger partial charge on any atom is -0.497 e. The van der Waals surface area contributed by atoms with Gasteiger partial charge in [0.25, 0.3) is 5.91 Å². The second-order valence-corrected chi connectivity index (χ2v) is 7.36. The van der Waals surface area contributed by atoms with Gasteiger partial charge in [0.2, 0.25) is 0 Å². The van der Waals surface area contributed by atoms with E-state index < -0.39 is 6.17 Å². The summed E-state index contributed by atoms with van der Waals surface area (Å²) in [6, 6.07) is 15.3. The number of benzene rings is 2. The number of thiocarbonyl (C=S) groups is 1. The van der Waals surface area contributed by atoms with E-state index in [9.17, 15) is 4.79 Å². The van der Waals surface area contributed by atoms with Gasteiger partial charge in [-0.2, -0.15) is 0 Å². The molecule has 2 aromatic carbocycles. The summed E-state index contributed by atoms with van der Waals surface area (Å²) in [6.07, 6.45) is 1.23. The molecule has 2 N–H and O–H groups in total. The Morgan fingerprint density at radius 2 is 1.96 bits per heavy atom. The minimum atomic E-state index is -0.589. The van der Waals surface area contributed by atoms with Crippen LogP contribution in [0.25, 0.3) is 6.08 Å². The number of hydrogen-bond acceptors (Lipinski definition) is 5. The lowest BCUT2D eigenvalue weighted by atomic mass is 10.1. The van der Waals surface area contributed by atoms with Gasteiger partial charge in [-0.25, -0.2) is 0 Å². The molecule has 0 radical (unpaired) electrons. The molecule has 2 aromatic rings. The summed E-state index contributed by atoms with van der Waals surface area (Å²) in [5, 5.41) is 0. The second-order valence-electron chi connectivity index (χ2n) is 5.68. The van der Waals surface area contributed by atoms with E-state index in [1.165, 1.54) is 16.7 Å². The number of hydrogen-bond donors (Lipinski definition) is 1. The number of nitrogens with two attached hydrogens (primary N) is 1. The highest BCUT2D eigenvalue weighted by Gasteiger charge is 2.36. The molecular formula is C19H18N2O2S2. The summed E-state index contributed by atoms with van der Waals surface area (Å²) in [4.78, 5) is 14.8.